The molecular formula is C13H21N3O2. The Morgan fingerprint density at radius 2 is 2.22 bits per heavy atom. The number of aromatic nitrogens is 2. The Balaban J connectivity index is 2.12. The van der Waals surface area contributed by atoms with Gasteiger partial charge in [0.25, 0.3) is 0 Å². The first kappa shape index (κ1) is 13.1. The summed E-state index contributed by atoms with van der Waals surface area (Å²) in [6, 6.07) is 0. The van der Waals surface area contributed by atoms with E-state index in [2.05, 4.69) is 31.2 Å². The summed E-state index contributed by atoms with van der Waals surface area (Å²) in [6.45, 7) is 7.70. The second-order valence-electron chi connectivity index (χ2n) is 6.02. The molecule has 100 valence electrons. The molecule has 2 heterocycles. The van der Waals surface area contributed by atoms with Crippen molar-refractivity contribution in [1.82, 2.24) is 15.1 Å². The van der Waals surface area contributed by atoms with Crippen molar-refractivity contribution >= 4 is 5.97 Å². The molecule has 1 fully saturated rings. The highest BCUT2D eigenvalue weighted by Crippen LogP contribution is 2.27. The van der Waals surface area contributed by atoms with Crippen molar-refractivity contribution in [3.05, 3.63) is 18.0 Å². The van der Waals surface area contributed by atoms with Crippen molar-refractivity contribution < 1.29 is 9.90 Å². The third-order valence-corrected chi connectivity index (χ3v) is 3.46. The second-order valence-corrected chi connectivity index (χ2v) is 6.02. The lowest BCUT2D eigenvalue weighted by Crippen LogP contribution is -2.38. The standard InChI is InChI=1S/C13H21N3O2/c1-13(2,3)16-8-11(7-15-16)9-4-10(12(17)18)6-14-5-9/h7-10,14H,4-6H2,1-3H3,(H,17,18). The van der Waals surface area contributed by atoms with Crippen LogP contribution in [0.3, 0.4) is 0 Å². The molecule has 1 aromatic rings. The fourth-order valence-electron chi connectivity index (χ4n) is 2.30. The van der Waals surface area contributed by atoms with Crippen LogP contribution >= 0.6 is 0 Å². The van der Waals surface area contributed by atoms with Gasteiger partial charge in [-0.3, -0.25) is 9.48 Å². The van der Waals surface area contributed by atoms with Crippen LogP contribution in [0.1, 0.15) is 38.7 Å². The molecule has 0 amide bonds. The van der Waals surface area contributed by atoms with Crippen LogP contribution in [0, 0.1) is 5.92 Å². The van der Waals surface area contributed by atoms with Gasteiger partial charge in [0.15, 0.2) is 0 Å². The lowest BCUT2D eigenvalue weighted by Gasteiger charge is -2.27. The minimum absolute atomic E-state index is 0.0352. The molecule has 1 aliphatic rings. The molecular weight excluding hydrogens is 230 g/mol. The Kier molecular flexibility index (Phi) is 3.43. The van der Waals surface area contributed by atoms with Crippen LogP contribution < -0.4 is 5.32 Å². The molecule has 0 saturated carbocycles. The highest BCUT2D eigenvalue weighted by atomic mass is 16.4. The molecule has 5 heteroatoms. The first-order valence-corrected chi connectivity index (χ1v) is 6.36. The predicted molar refractivity (Wildman–Crippen MR) is 68.6 cm³/mol. The van der Waals surface area contributed by atoms with Crippen LogP contribution in [0.5, 0.6) is 0 Å². The van der Waals surface area contributed by atoms with Gasteiger partial charge >= 0.3 is 5.97 Å². The van der Waals surface area contributed by atoms with Gasteiger partial charge in [-0.15, -0.1) is 0 Å². The molecule has 0 radical (unpaired) electrons. The fraction of sp³-hybridized carbons (Fsp3) is 0.692. The van der Waals surface area contributed by atoms with Gasteiger partial charge in [-0.1, -0.05) is 0 Å². The number of rotatable bonds is 2. The van der Waals surface area contributed by atoms with Gasteiger partial charge in [0.1, 0.15) is 0 Å². The molecule has 2 N–H and O–H groups in total. The van der Waals surface area contributed by atoms with Crippen LogP contribution in [-0.4, -0.2) is 33.9 Å². The number of aliphatic carboxylic acids is 1. The number of carboxylic acids is 1. The maximum Gasteiger partial charge on any atom is 0.307 e. The zero-order chi connectivity index (χ0) is 13.3. The van der Waals surface area contributed by atoms with E-state index < -0.39 is 5.97 Å². The molecule has 0 aliphatic carbocycles. The van der Waals surface area contributed by atoms with E-state index in [0.29, 0.717) is 13.0 Å². The van der Waals surface area contributed by atoms with Crippen molar-refractivity contribution in [3.8, 4) is 0 Å². The van der Waals surface area contributed by atoms with Crippen molar-refractivity contribution in [2.45, 2.75) is 38.6 Å². The van der Waals surface area contributed by atoms with Gasteiger partial charge in [-0.25, -0.2) is 0 Å². The lowest BCUT2D eigenvalue weighted by molar-refractivity contribution is -0.142. The van der Waals surface area contributed by atoms with Gasteiger partial charge in [0.05, 0.1) is 17.7 Å². The molecule has 1 aromatic heterocycles. The molecule has 18 heavy (non-hydrogen) atoms. The first-order chi connectivity index (χ1) is 8.38. The van der Waals surface area contributed by atoms with E-state index in [1.807, 2.05) is 17.1 Å². The Morgan fingerprint density at radius 1 is 1.50 bits per heavy atom. The second kappa shape index (κ2) is 4.72. The lowest BCUT2D eigenvalue weighted by atomic mass is 9.87. The summed E-state index contributed by atoms with van der Waals surface area (Å²) in [7, 11) is 0. The normalized spacial score (nSPS) is 25.1. The van der Waals surface area contributed by atoms with Gasteiger partial charge in [0.2, 0.25) is 0 Å². The van der Waals surface area contributed by atoms with E-state index in [1.165, 1.54) is 0 Å². The number of carbonyl (C=O) groups is 1. The quantitative estimate of drug-likeness (QED) is 0.834. The van der Waals surface area contributed by atoms with Crippen LogP contribution in [0.4, 0.5) is 0 Å². The van der Waals surface area contributed by atoms with Crippen molar-refractivity contribution in [3.63, 3.8) is 0 Å². The number of hydrogen-bond donors (Lipinski definition) is 2. The molecule has 0 bridgehead atoms. The minimum Gasteiger partial charge on any atom is -0.481 e. The Hall–Kier alpha value is -1.36. The van der Waals surface area contributed by atoms with Crippen LogP contribution in [0.2, 0.25) is 0 Å². The maximum absolute atomic E-state index is 11.0. The van der Waals surface area contributed by atoms with Gasteiger partial charge in [-0.05, 0) is 32.8 Å². The number of hydrogen-bond acceptors (Lipinski definition) is 3. The van der Waals surface area contributed by atoms with Gasteiger partial charge < -0.3 is 10.4 Å². The van der Waals surface area contributed by atoms with E-state index >= 15 is 0 Å². The van der Waals surface area contributed by atoms with Crippen LogP contribution in [0.15, 0.2) is 12.4 Å². The number of nitrogens with one attached hydrogen (secondary N) is 1. The van der Waals surface area contributed by atoms with E-state index in [-0.39, 0.29) is 17.4 Å². The Bertz CT molecular complexity index is 434. The average molecular weight is 251 g/mol. The smallest absolute Gasteiger partial charge is 0.307 e. The summed E-state index contributed by atoms with van der Waals surface area (Å²) < 4.78 is 1.94. The van der Waals surface area contributed by atoms with Crippen LogP contribution in [-0.2, 0) is 10.3 Å². The summed E-state index contributed by atoms with van der Waals surface area (Å²) >= 11 is 0. The van der Waals surface area contributed by atoms with Crippen molar-refractivity contribution in [2.24, 2.45) is 5.92 Å². The third-order valence-electron chi connectivity index (χ3n) is 3.46. The zero-order valence-corrected chi connectivity index (χ0v) is 11.2. The number of nitrogens with zero attached hydrogens (tertiary/aromatic N) is 2. The minimum atomic E-state index is -0.713. The molecule has 2 rings (SSSR count). The SMILES string of the molecule is CC(C)(C)n1cc(C2CNCC(C(=O)O)C2)cn1. The fourth-order valence-corrected chi connectivity index (χ4v) is 2.30. The molecule has 5 nitrogen and oxygen atoms in total. The van der Waals surface area contributed by atoms with Gasteiger partial charge in [0, 0.05) is 25.2 Å². The topological polar surface area (TPSA) is 67.2 Å². The molecule has 0 spiro atoms. The summed E-state index contributed by atoms with van der Waals surface area (Å²) in [5, 5.41) is 16.6. The Morgan fingerprint density at radius 3 is 2.78 bits per heavy atom. The third kappa shape index (κ3) is 2.72. The summed E-state index contributed by atoms with van der Waals surface area (Å²) in [4.78, 5) is 11.0. The Labute approximate surface area is 107 Å². The molecule has 2 unspecified atom stereocenters. The van der Waals surface area contributed by atoms with Crippen molar-refractivity contribution in [1.29, 1.82) is 0 Å². The molecule has 1 saturated heterocycles. The summed E-state index contributed by atoms with van der Waals surface area (Å²) in [5.74, 6) is -0.756. The molecule has 1 aliphatic heterocycles. The molecule has 2 atom stereocenters. The van der Waals surface area contributed by atoms with E-state index in [9.17, 15) is 4.79 Å². The van der Waals surface area contributed by atoms with E-state index in [4.69, 9.17) is 5.11 Å². The number of carboxylic acid groups (broad SMARTS) is 1. The van der Waals surface area contributed by atoms with E-state index in [1.54, 1.807) is 0 Å². The number of piperidine rings is 1. The van der Waals surface area contributed by atoms with Crippen molar-refractivity contribution in [2.75, 3.05) is 13.1 Å². The maximum atomic E-state index is 11.0. The monoisotopic (exact) mass is 251 g/mol. The van der Waals surface area contributed by atoms with Crippen LogP contribution in [0.25, 0.3) is 0 Å². The highest BCUT2D eigenvalue weighted by Gasteiger charge is 2.28. The van der Waals surface area contributed by atoms with Gasteiger partial charge in [-0.2, -0.15) is 5.10 Å². The predicted octanol–water partition coefficient (Wildman–Crippen LogP) is 1.42. The summed E-state index contributed by atoms with van der Waals surface area (Å²) in [6.07, 6.45) is 4.59. The highest BCUT2D eigenvalue weighted by molar-refractivity contribution is 5.70. The zero-order valence-electron chi connectivity index (χ0n) is 11.2. The average Bonchev–Trinajstić information content (AvgIpc) is 2.78. The van der Waals surface area contributed by atoms with E-state index in [0.717, 1.165) is 12.1 Å². The largest absolute Gasteiger partial charge is 0.481 e. The summed E-state index contributed by atoms with van der Waals surface area (Å²) in [5.41, 5.74) is 1.09. The first-order valence-electron chi connectivity index (χ1n) is 6.36. The molecule has 0 aromatic carbocycles.